The van der Waals surface area contributed by atoms with Crippen LogP contribution in [0.3, 0.4) is 0 Å². The number of imidazole rings is 1. The molecule has 0 atom stereocenters. The zero-order chi connectivity index (χ0) is 16.6. The number of nitrogens with zero attached hydrogens (tertiary/aromatic N) is 5. The number of aromatic nitrogens is 3. The van der Waals surface area contributed by atoms with Gasteiger partial charge in [-0.05, 0) is 12.1 Å². The standard InChI is InChI=1S/C13H14N6O2S2/c1-18(2)11-4-3-9(8-15-11)23(20,21)17-12-10(7-14)19-5-6-22-13(19)16-12/h3-4,8,17H,5-6H2,1-2H3. The summed E-state index contributed by atoms with van der Waals surface area (Å²) < 4.78 is 29.0. The first-order valence-electron chi connectivity index (χ1n) is 6.72. The third-order valence-electron chi connectivity index (χ3n) is 3.30. The maximum absolute atomic E-state index is 12.4. The molecule has 3 rings (SSSR count). The topological polar surface area (TPSA) is 104 Å². The summed E-state index contributed by atoms with van der Waals surface area (Å²) >= 11 is 1.49. The second kappa shape index (κ2) is 5.75. The highest BCUT2D eigenvalue weighted by Gasteiger charge is 2.25. The van der Waals surface area contributed by atoms with Crippen LogP contribution in [-0.4, -0.2) is 42.8 Å². The third-order valence-corrected chi connectivity index (χ3v) is 5.59. The zero-order valence-electron chi connectivity index (χ0n) is 12.5. The molecular weight excluding hydrogens is 336 g/mol. The predicted molar refractivity (Wildman–Crippen MR) is 87.0 cm³/mol. The van der Waals surface area contributed by atoms with Gasteiger partial charge in [-0.15, -0.1) is 0 Å². The minimum atomic E-state index is -3.84. The molecular formula is C13H14N6O2S2. The van der Waals surface area contributed by atoms with Gasteiger partial charge in [0.15, 0.2) is 16.7 Å². The Morgan fingerprint density at radius 3 is 2.83 bits per heavy atom. The highest BCUT2D eigenvalue weighted by Crippen LogP contribution is 2.31. The van der Waals surface area contributed by atoms with Crippen molar-refractivity contribution in [3.05, 3.63) is 24.0 Å². The lowest BCUT2D eigenvalue weighted by Gasteiger charge is -2.11. The molecule has 0 aliphatic carbocycles. The van der Waals surface area contributed by atoms with Gasteiger partial charge >= 0.3 is 0 Å². The molecule has 1 N–H and O–H groups in total. The summed E-state index contributed by atoms with van der Waals surface area (Å²) in [6, 6.07) is 5.09. The number of sulfonamides is 1. The number of hydrogen-bond acceptors (Lipinski definition) is 7. The van der Waals surface area contributed by atoms with Crippen molar-refractivity contribution in [3.63, 3.8) is 0 Å². The Morgan fingerprint density at radius 1 is 1.43 bits per heavy atom. The van der Waals surface area contributed by atoms with Crippen molar-refractivity contribution in [2.45, 2.75) is 16.6 Å². The number of thioether (sulfide) groups is 1. The van der Waals surface area contributed by atoms with Gasteiger partial charge in [-0.2, -0.15) is 5.26 Å². The molecule has 0 saturated carbocycles. The number of nitriles is 1. The van der Waals surface area contributed by atoms with Crippen molar-refractivity contribution >= 4 is 33.4 Å². The van der Waals surface area contributed by atoms with Gasteiger partial charge in [0.05, 0.1) is 0 Å². The molecule has 0 saturated heterocycles. The summed E-state index contributed by atoms with van der Waals surface area (Å²) in [5.74, 6) is 1.55. The van der Waals surface area contributed by atoms with Gasteiger partial charge in [0.1, 0.15) is 16.8 Å². The summed E-state index contributed by atoms with van der Waals surface area (Å²) in [4.78, 5) is 10.1. The summed E-state index contributed by atoms with van der Waals surface area (Å²) in [6.45, 7) is 0.650. The Kier molecular flexibility index (Phi) is 3.91. The fourth-order valence-electron chi connectivity index (χ4n) is 2.14. The van der Waals surface area contributed by atoms with Crippen LogP contribution in [0.25, 0.3) is 0 Å². The number of nitrogens with one attached hydrogen (secondary N) is 1. The van der Waals surface area contributed by atoms with Gasteiger partial charge < -0.3 is 9.47 Å². The van der Waals surface area contributed by atoms with E-state index in [9.17, 15) is 13.7 Å². The fourth-order valence-corrected chi connectivity index (χ4v) is 4.05. The van der Waals surface area contributed by atoms with Gasteiger partial charge in [-0.3, -0.25) is 4.72 Å². The Labute approximate surface area is 138 Å². The highest BCUT2D eigenvalue weighted by molar-refractivity contribution is 7.99. The first kappa shape index (κ1) is 15.6. The molecule has 0 unspecified atom stereocenters. The molecule has 0 spiro atoms. The summed E-state index contributed by atoms with van der Waals surface area (Å²) in [7, 11) is -0.208. The highest BCUT2D eigenvalue weighted by atomic mass is 32.2. The Morgan fingerprint density at radius 2 is 2.22 bits per heavy atom. The lowest BCUT2D eigenvalue weighted by Crippen LogP contribution is -2.16. The SMILES string of the molecule is CN(C)c1ccc(S(=O)(=O)Nc2nc3n(c2C#N)CCS3)cn1. The fraction of sp³-hybridized carbons (Fsp3) is 0.308. The van der Waals surface area contributed by atoms with E-state index in [-0.39, 0.29) is 16.4 Å². The summed E-state index contributed by atoms with van der Waals surface area (Å²) in [5, 5.41) is 9.92. The third kappa shape index (κ3) is 2.85. The van der Waals surface area contributed by atoms with Crippen LogP contribution in [0.4, 0.5) is 11.6 Å². The Bertz CT molecular complexity index is 880. The van der Waals surface area contributed by atoms with Crippen molar-refractivity contribution in [1.82, 2.24) is 14.5 Å². The summed E-state index contributed by atoms with van der Waals surface area (Å²) in [6.07, 6.45) is 1.28. The van der Waals surface area contributed by atoms with Crippen LogP contribution in [0.15, 0.2) is 28.4 Å². The minimum Gasteiger partial charge on any atom is -0.363 e. The zero-order valence-corrected chi connectivity index (χ0v) is 14.1. The van der Waals surface area contributed by atoms with E-state index in [2.05, 4.69) is 14.7 Å². The number of pyridine rings is 1. The van der Waals surface area contributed by atoms with E-state index >= 15 is 0 Å². The second-order valence-corrected chi connectivity index (χ2v) is 7.80. The van der Waals surface area contributed by atoms with Crippen LogP contribution in [-0.2, 0) is 16.6 Å². The quantitative estimate of drug-likeness (QED) is 0.881. The maximum Gasteiger partial charge on any atom is 0.264 e. The first-order chi connectivity index (χ1) is 10.9. The number of rotatable bonds is 4. The Hall–Kier alpha value is -2.25. The largest absolute Gasteiger partial charge is 0.363 e. The van der Waals surface area contributed by atoms with Crippen molar-refractivity contribution < 1.29 is 8.42 Å². The Balaban J connectivity index is 1.92. The molecule has 8 nitrogen and oxygen atoms in total. The molecule has 0 bridgehead atoms. The minimum absolute atomic E-state index is 0.0211. The van der Waals surface area contributed by atoms with Gasteiger partial charge in [-0.1, -0.05) is 11.8 Å². The van der Waals surface area contributed by atoms with Gasteiger partial charge in [0.25, 0.3) is 10.0 Å². The molecule has 120 valence electrons. The molecule has 2 aromatic rings. The molecule has 0 radical (unpaired) electrons. The van der Waals surface area contributed by atoms with Crippen LogP contribution in [0.2, 0.25) is 0 Å². The van der Waals surface area contributed by atoms with Gasteiger partial charge in [0.2, 0.25) is 0 Å². The maximum atomic E-state index is 12.4. The molecule has 0 aromatic carbocycles. The van der Waals surface area contributed by atoms with E-state index in [0.717, 1.165) is 5.75 Å². The molecule has 1 aliphatic rings. The molecule has 10 heteroatoms. The molecule has 2 aromatic heterocycles. The monoisotopic (exact) mass is 350 g/mol. The van der Waals surface area contributed by atoms with E-state index in [0.29, 0.717) is 17.5 Å². The van der Waals surface area contributed by atoms with Crippen LogP contribution < -0.4 is 9.62 Å². The molecule has 23 heavy (non-hydrogen) atoms. The van der Waals surface area contributed by atoms with Crippen LogP contribution in [0.1, 0.15) is 5.69 Å². The van der Waals surface area contributed by atoms with E-state index in [4.69, 9.17) is 0 Å². The molecule has 3 heterocycles. The first-order valence-corrected chi connectivity index (χ1v) is 9.19. The van der Waals surface area contributed by atoms with Crippen molar-refractivity contribution in [3.8, 4) is 6.07 Å². The predicted octanol–water partition coefficient (Wildman–Crippen LogP) is 1.12. The molecule has 1 aliphatic heterocycles. The van der Waals surface area contributed by atoms with E-state index in [1.165, 1.54) is 24.0 Å². The molecule has 0 fully saturated rings. The smallest absolute Gasteiger partial charge is 0.264 e. The van der Waals surface area contributed by atoms with Crippen LogP contribution in [0, 0.1) is 11.3 Å². The average molecular weight is 350 g/mol. The lowest BCUT2D eigenvalue weighted by atomic mass is 10.4. The van der Waals surface area contributed by atoms with Gasteiger partial charge in [-0.25, -0.2) is 18.4 Å². The van der Waals surface area contributed by atoms with Gasteiger partial charge in [0, 0.05) is 32.6 Å². The van der Waals surface area contributed by atoms with Crippen LogP contribution >= 0.6 is 11.8 Å². The van der Waals surface area contributed by atoms with E-state index in [1.54, 1.807) is 15.5 Å². The van der Waals surface area contributed by atoms with Crippen molar-refractivity contribution in [1.29, 1.82) is 5.26 Å². The summed E-state index contributed by atoms with van der Waals surface area (Å²) in [5.41, 5.74) is 0.228. The number of anilines is 2. The molecule has 0 amide bonds. The average Bonchev–Trinajstić information content (AvgIpc) is 3.07. The van der Waals surface area contributed by atoms with Crippen molar-refractivity contribution in [2.75, 3.05) is 29.5 Å². The normalized spacial score (nSPS) is 13.4. The van der Waals surface area contributed by atoms with E-state index < -0.39 is 10.0 Å². The van der Waals surface area contributed by atoms with Crippen LogP contribution in [0.5, 0.6) is 0 Å². The van der Waals surface area contributed by atoms with E-state index in [1.807, 2.05) is 20.2 Å². The number of fused-ring (bicyclic) bond motifs is 1. The lowest BCUT2D eigenvalue weighted by molar-refractivity contribution is 0.600. The van der Waals surface area contributed by atoms with Crippen molar-refractivity contribution in [2.24, 2.45) is 0 Å². The number of hydrogen-bond donors (Lipinski definition) is 1. The second-order valence-electron chi connectivity index (χ2n) is 5.06.